The molecule has 21 heavy (non-hydrogen) atoms. The second kappa shape index (κ2) is 7.47. The minimum atomic E-state index is -0.399. The summed E-state index contributed by atoms with van der Waals surface area (Å²) in [5, 5.41) is 5.48. The van der Waals surface area contributed by atoms with Crippen LogP contribution in [-0.2, 0) is 11.3 Å². The maximum atomic E-state index is 12.0. The van der Waals surface area contributed by atoms with E-state index in [1.165, 1.54) is 5.56 Å². The molecule has 0 radical (unpaired) electrons. The van der Waals surface area contributed by atoms with Gasteiger partial charge in [-0.3, -0.25) is 9.59 Å². The van der Waals surface area contributed by atoms with Gasteiger partial charge < -0.3 is 15.5 Å². The van der Waals surface area contributed by atoms with E-state index in [2.05, 4.69) is 27.7 Å². The van der Waals surface area contributed by atoms with Gasteiger partial charge in [-0.1, -0.05) is 42.1 Å². The van der Waals surface area contributed by atoms with Crippen LogP contribution in [0.25, 0.3) is 0 Å². The van der Waals surface area contributed by atoms with Crippen molar-refractivity contribution >= 4 is 22.9 Å². The molecule has 0 aliphatic carbocycles. The van der Waals surface area contributed by atoms with E-state index in [1.54, 1.807) is 0 Å². The molecule has 1 fully saturated rings. The quantitative estimate of drug-likeness (QED) is 0.835. The zero-order chi connectivity index (χ0) is 15.2. The number of carbonyl (C=O) groups excluding carboxylic acids is 2. The van der Waals surface area contributed by atoms with E-state index in [4.69, 9.17) is 0 Å². The second-order valence-electron chi connectivity index (χ2n) is 5.39. The number of hydrogen-bond acceptors (Lipinski definition) is 4. The molecule has 1 aromatic rings. The molecule has 1 heterocycles. The first-order valence-electron chi connectivity index (χ1n) is 7.00. The molecule has 0 spiro atoms. The Labute approximate surface area is 129 Å². The zero-order valence-electron chi connectivity index (χ0n) is 12.3. The summed E-state index contributed by atoms with van der Waals surface area (Å²) < 4.78 is 0. The molecule has 1 aliphatic rings. The summed E-state index contributed by atoms with van der Waals surface area (Å²) in [6, 6.07) is 9.86. The first-order valence-corrected chi connectivity index (χ1v) is 7.99. The van der Waals surface area contributed by atoms with Crippen LogP contribution in [0.4, 0.5) is 4.79 Å². The van der Waals surface area contributed by atoms with Crippen LogP contribution < -0.4 is 10.6 Å². The van der Waals surface area contributed by atoms with E-state index in [0.29, 0.717) is 5.75 Å². The molecule has 0 bridgehead atoms. The maximum absolute atomic E-state index is 12.0. The van der Waals surface area contributed by atoms with Crippen molar-refractivity contribution in [1.82, 2.24) is 15.5 Å². The number of nitrogens with zero attached hydrogens (tertiary/aromatic N) is 1. The Bertz CT molecular complexity index is 495. The molecule has 6 heteroatoms. The van der Waals surface area contributed by atoms with E-state index in [1.807, 2.05) is 32.2 Å². The van der Waals surface area contributed by atoms with Crippen molar-refractivity contribution in [2.45, 2.75) is 25.6 Å². The molecule has 0 saturated carbocycles. The summed E-state index contributed by atoms with van der Waals surface area (Å²) >= 11 is 1.16. The van der Waals surface area contributed by atoms with E-state index in [0.717, 1.165) is 24.9 Å². The van der Waals surface area contributed by atoms with Crippen molar-refractivity contribution < 1.29 is 9.59 Å². The lowest BCUT2D eigenvalue weighted by Crippen LogP contribution is -2.48. The predicted molar refractivity (Wildman–Crippen MR) is 85.2 cm³/mol. The Balaban J connectivity index is 1.74. The number of likely N-dealkylation sites (N-methyl/N-ethyl adjacent to an activating group) is 1. The first-order chi connectivity index (χ1) is 10.0. The van der Waals surface area contributed by atoms with Crippen molar-refractivity contribution in [1.29, 1.82) is 0 Å². The summed E-state index contributed by atoms with van der Waals surface area (Å²) in [6.45, 7) is 3.58. The van der Waals surface area contributed by atoms with Gasteiger partial charge in [0, 0.05) is 24.9 Å². The van der Waals surface area contributed by atoms with Crippen LogP contribution in [0.3, 0.4) is 0 Å². The number of thioether (sulfide) groups is 1. The summed E-state index contributed by atoms with van der Waals surface area (Å²) in [5.74, 6) is 0.408. The van der Waals surface area contributed by atoms with Gasteiger partial charge in [0.2, 0.25) is 5.91 Å². The SMILES string of the molecule is CC(CN(C)Cc1ccccc1)NC(=O)C1CSC(=O)N1. The maximum Gasteiger partial charge on any atom is 0.279 e. The summed E-state index contributed by atoms with van der Waals surface area (Å²) in [4.78, 5) is 25.2. The average molecular weight is 307 g/mol. The monoisotopic (exact) mass is 307 g/mol. The van der Waals surface area contributed by atoms with E-state index in [9.17, 15) is 9.59 Å². The van der Waals surface area contributed by atoms with Crippen molar-refractivity contribution in [3.63, 3.8) is 0 Å². The van der Waals surface area contributed by atoms with Crippen LogP contribution in [0.2, 0.25) is 0 Å². The van der Waals surface area contributed by atoms with Gasteiger partial charge in [-0.15, -0.1) is 0 Å². The van der Waals surface area contributed by atoms with Crippen LogP contribution in [0.1, 0.15) is 12.5 Å². The molecular formula is C15H21N3O2S. The standard InChI is InChI=1S/C15H21N3O2S/c1-11(16-14(19)13-10-21-15(20)17-13)8-18(2)9-12-6-4-3-5-7-12/h3-7,11,13H,8-10H2,1-2H3,(H,16,19)(H,17,20). The number of benzene rings is 1. The number of rotatable bonds is 6. The Morgan fingerprint density at radius 3 is 2.81 bits per heavy atom. The van der Waals surface area contributed by atoms with Crippen molar-refractivity contribution in [2.75, 3.05) is 19.3 Å². The first kappa shape index (κ1) is 15.9. The van der Waals surface area contributed by atoms with Gasteiger partial charge in [-0.25, -0.2) is 0 Å². The fraction of sp³-hybridized carbons (Fsp3) is 0.467. The molecule has 0 aromatic heterocycles. The predicted octanol–water partition coefficient (Wildman–Crippen LogP) is 1.45. The van der Waals surface area contributed by atoms with E-state index >= 15 is 0 Å². The van der Waals surface area contributed by atoms with E-state index < -0.39 is 6.04 Å². The van der Waals surface area contributed by atoms with Crippen molar-refractivity contribution in [2.24, 2.45) is 0 Å². The Morgan fingerprint density at radius 1 is 1.48 bits per heavy atom. The minimum absolute atomic E-state index is 0.0358. The van der Waals surface area contributed by atoms with Crippen LogP contribution >= 0.6 is 11.8 Å². The van der Waals surface area contributed by atoms with Gasteiger partial charge in [0.05, 0.1) is 0 Å². The molecule has 2 amide bonds. The molecule has 2 atom stereocenters. The lowest BCUT2D eigenvalue weighted by Gasteiger charge is -2.23. The van der Waals surface area contributed by atoms with Crippen molar-refractivity contribution in [3.05, 3.63) is 35.9 Å². The Kier molecular flexibility index (Phi) is 5.64. The fourth-order valence-corrected chi connectivity index (χ4v) is 3.12. The highest BCUT2D eigenvalue weighted by molar-refractivity contribution is 8.14. The lowest BCUT2D eigenvalue weighted by atomic mass is 10.2. The molecule has 2 unspecified atom stereocenters. The highest BCUT2D eigenvalue weighted by Crippen LogP contribution is 2.13. The summed E-state index contributed by atoms with van der Waals surface area (Å²) in [6.07, 6.45) is 0. The molecule has 1 aliphatic heterocycles. The molecule has 1 aromatic carbocycles. The third-order valence-electron chi connectivity index (χ3n) is 3.26. The number of hydrogen-bond donors (Lipinski definition) is 2. The molecule has 2 rings (SSSR count). The van der Waals surface area contributed by atoms with Gasteiger partial charge in [-0.2, -0.15) is 0 Å². The molecular weight excluding hydrogens is 286 g/mol. The average Bonchev–Trinajstić information content (AvgIpc) is 2.86. The third kappa shape index (κ3) is 5.06. The highest BCUT2D eigenvalue weighted by Gasteiger charge is 2.28. The molecule has 114 valence electrons. The normalized spacial score (nSPS) is 19.4. The van der Waals surface area contributed by atoms with Crippen LogP contribution in [0.15, 0.2) is 30.3 Å². The van der Waals surface area contributed by atoms with Gasteiger partial charge in [-0.05, 0) is 19.5 Å². The van der Waals surface area contributed by atoms with E-state index in [-0.39, 0.29) is 17.2 Å². The molecule has 2 N–H and O–H groups in total. The molecule has 5 nitrogen and oxygen atoms in total. The van der Waals surface area contributed by atoms with Crippen LogP contribution in [0, 0.1) is 0 Å². The Hall–Kier alpha value is -1.53. The van der Waals surface area contributed by atoms with Crippen LogP contribution in [-0.4, -0.2) is 47.5 Å². The smallest absolute Gasteiger partial charge is 0.279 e. The number of nitrogens with one attached hydrogen (secondary N) is 2. The van der Waals surface area contributed by atoms with Gasteiger partial charge in [0.25, 0.3) is 5.24 Å². The number of carbonyl (C=O) groups is 2. The van der Waals surface area contributed by atoms with Gasteiger partial charge in [0.15, 0.2) is 0 Å². The topological polar surface area (TPSA) is 61.4 Å². The highest BCUT2D eigenvalue weighted by atomic mass is 32.2. The third-order valence-corrected chi connectivity index (χ3v) is 4.14. The fourth-order valence-electron chi connectivity index (χ4n) is 2.34. The summed E-state index contributed by atoms with van der Waals surface area (Å²) in [5.41, 5.74) is 1.25. The zero-order valence-corrected chi connectivity index (χ0v) is 13.2. The number of amides is 2. The van der Waals surface area contributed by atoms with Crippen LogP contribution in [0.5, 0.6) is 0 Å². The lowest BCUT2D eigenvalue weighted by molar-refractivity contribution is -0.123. The molecule has 1 saturated heterocycles. The largest absolute Gasteiger partial charge is 0.351 e. The Morgan fingerprint density at radius 2 is 2.19 bits per heavy atom. The van der Waals surface area contributed by atoms with Crippen molar-refractivity contribution in [3.8, 4) is 0 Å². The second-order valence-corrected chi connectivity index (χ2v) is 6.38. The van der Waals surface area contributed by atoms with Gasteiger partial charge >= 0.3 is 0 Å². The summed E-state index contributed by atoms with van der Waals surface area (Å²) in [7, 11) is 2.03. The minimum Gasteiger partial charge on any atom is -0.351 e. The van der Waals surface area contributed by atoms with Gasteiger partial charge in [0.1, 0.15) is 6.04 Å².